The van der Waals surface area contributed by atoms with Crippen molar-refractivity contribution in [1.82, 2.24) is 4.90 Å². The molecule has 3 saturated heterocycles. The highest BCUT2D eigenvalue weighted by molar-refractivity contribution is 7.85. The lowest BCUT2D eigenvalue weighted by Gasteiger charge is -2.45. The van der Waals surface area contributed by atoms with Gasteiger partial charge in [-0.2, -0.15) is 0 Å². The number of amides is 1. The fraction of sp³-hybridized carbons (Fsp3) is 0.722. The second kappa shape index (κ2) is 8.06. The second-order valence-electron chi connectivity index (χ2n) is 7.60. The van der Waals surface area contributed by atoms with Gasteiger partial charge in [-0.15, -0.1) is 6.58 Å². The van der Waals surface area contributed by atoms with E-state index in [1.54, 1.807) is 11.0 Å². The number of carbonyl (C=O) groups excluding carboxylic acids is 1. The monoisotopic (exact) mass is 431 g/mol. The smallest absolute Gasteiger partial charge is 0.254 e. The summed E-state index contributed by atoms with van der Waals surface area (Å²) in [4.78, 5) is 14.4. The van der Waals surface area contributed by atoms with Crippen molar-refractivity contribution in [3.63, 3.8) is 0 Å². The molecule has 4 N–H and O–H groups in total. The van der Waals surface area contributed by atoms with Crippen molar-refractivity contribution < 1.29 is 43.6 Å². The Bertz CT molecular complexity index is 728. The van der Waals surface area contributed by atoms with Crippen molar-refractivity contribution in [3.05, 3.63) is 24.5 Å². The number of hydrogen-bond donors (Lipinski definition) is 4. The van der Waals surface area contributed by atoms with Crippen LogP contribution in [0.25, 0.3) is 0 Å². The highest BCUT2D eigenvalue weighted by Gasteiger charge is 2.51. The van der Waals surface area contributed by atoms with Gasteiger partial charge in [0.2, 0.25) is 6.29 Å². The average Bonchev–Trinajstić information content (AvgIpc) is 3.09. The van der Waals surface area contributed by atoms with Crippen molar-refractivity contribution in [2.24, 2.45) is 11.8 Å². The molecule has 0 radical (unpaired) electrons. The van der Waals surface area contributed by atoms with Crippen LogP contribution in [0.4, 0.5) is 0 Å². The molecule has 0 spiro atoms. The summed E-state index contributed by atoms with van der Waals surface area (Å²) in [5, 5.41) is 39.0. The topological polar surface area (TPSA) is 146 Å². The van der Waals surface area contributed by atoms with E-state index >= 15 is 0 Å². The van der Waals surface area contributed by atoms with E-state index in [4.69, 9.17) is 14.2 Å². The summed E-state index contributed by atoms with van der Waals surface area (Å²) in [6.07, 6.45) is -4.75. The summed E-state index contributed by atoms with van der Waals surface area (Å²) >= 11 is 0. The number of aliphatic hydroxyl groups excluding tert-OH is 4. The maximum atomic E-state index is 12.8. The van der Waals surface area contributed by atoms with Crippen LogP contribution in [-0.4, -0.2) is 96.7 Å². The Morgan fingerprint density at radius 3 is 2.72 bits per heavy atom. The van der Waals surface area contributed by atoms with Crippen LogP contribution in [0.2, 0.25) is 0 Å². The number of aliphatic hydroxyl groups is 4. The first-order valence-electron chi connectivity index (χ1n) is 9.49. The molecular weight excluding hydrogens is 406 g/mol. The number of rotatable bonds is 4. The summed E-state index contributed by atoms with van der Waals surface area (Å²) < 4.78 is 29.0. The van der Waals surface area contributed by atoms with Gasteiger partial charge in [-0.05, 0) is 6.42 Å². The van der Waals surface area contributed by atoms with Crippen molar-refractivity contribution in [1.29, 1.82) is 0 Å². The first-order chi connectivity index (χ1) is 13.9. The van der Waals surface area contributed by atoms with Crippen molar-refractivity contribution >= 4 is 16.7 Å². The van der Waals surface area contributed by atoms with Crippen LogP contribution in [0.15, 0.2) is 24.5 Å². The van der Waals surface area contributed by atoms with Gasteiger partial charge in [0.05, 0.1) is 18.4 Å². The molecule has 29 heavy (non-hydrogen) atoms. The van der Waals surface area contributed by atoms with Crippen LogP contribution >= 0.6 is 0 Å². The molecule has 10 atom stereocenters. The van der Waals surface area contributed by atoms with Gasteiger partial charge in [-0.1, -0.05) is 6.08 Å². The third-order valence-corrected chi connectivity index (χ3v) is 7.68. The van der Waals surface area contributed by atoms with E-state index in [2.05, 4.69) is 6.58 Å². The number of fused-ring (bicyclic) bond motifs is 2. The van der Waals surface area contributed by atoms with Crippen LogP contribution in [0, 0.1) is 11.8 Å². The summed E-state index contributed by atoms with van der Waals surface area (Å²) in [5.74, 6) is -0.589. The summed E-state index contributed by atoms with van der Waals surface area (Å²) in [6.45, 7) is 3.68. The first kappa shape index (κ1) is 20.9. The van der Waals surface area contributed by atoms with E-state index in [1.165, 1.54) is 6.26 Å². The molecule has 11 heteroatoms. The Balaban J connectivity index is 1.54. The molecular formula is C18H25NO9S. The van der Waals surface area contributed by atoms with Crippen molar-refractivity contribution in [2.75, 3.05) is 18.9 Å². The molecule has 10 unspecified atom stereocenters. The van der Waals surface area contributed by atoms with Gasteiger partial charge < -0.3 is 39.5 Å². The molecule has 0 aliphatic carbocycles. The summed E-state index contributed by atoms with van der Waals surface area (Å²) in [5.41, 5.74) is 0.457. The van der Waals surface area contributed by atoms with Gasteiger partial charge in [0.1, 0.15) is 29.8 Å². The van der Waals surface area contributed by atoms with E-state index < -0.39 is 60.3 Å². The number of hydrogen-bond acceptors (Lipinski definition) is 9. The van der Waals surface area contributed by atoms with Gasteiger partial charge in [0, 0.05) is 34.9 Å². The molecule has 0 bridgehead atoms. The Hall–Kier alpha value is -1.34. The number of carbonyl (C=O) groups is 1. The highest BCUT2D eigenvalue weighted by Crippen LogP contribution is 2.43. The van der Waals surface area contributed by atoms with Gasteiger partial charge in [0.15, 0.2) is 6.29 Å². The Morgan fingerprint density at radius 2 is 2.03 bits per heavy atom. The summed E-state index contributed by atoms with van der Waals surface area (Å²) in [6, 6.07) is 0. The summed E-state index contributed by atoms with van der Waals surface area (Å²) in [7, 11) is -1.12. The minimum Gasteiger partial charge on any atom is -0.471 e. The van der Waals surface area contributed by atoms with Gasteiger partial charge in [-0.25, -0.2) is 0 Å². The van der Waals surface area contributed by atoms with Crippen LogP contribution in [0.5, 0.6) is 0 Å². The van der Waals surface area contributed by atoms with Crippen molar-refractivity contribution in [3.8, 4) is 0 Å². The number of ether oxygens (including phenoxy) is 3. The molecule has 0 saturated carbocycles. The Kier molecular flexibility index (Phi) is 5.81. The fourth-order valence-corrected chi connectivity index (χ4v) is 5.93. The molecule has 4 aliphatic rings. The first-order valence-corrected chi connectivity index (χ1v) is 10.9. The zero-order valence-corrected chi connectivity index (χ0v) is 16.4. The lowest BCUT2D eigenvalue weighted by Crippen LogP contribution is -2.60. The molecule has 0 aromatic heterocycles. The minimum absolute atomic E-state index is 0.213. The molecule has 0 aromatic rings. The van der Waals surface area contributed by atoms with E-state index in [-0.39, 0.29) is 17.2 Å². The predicted molar refractivity (Wildman–Crippen MR) is 98.1 cm³/mol. The van der Waals surface area contributed by atoms with Crippen molar-refractivity contribution in [2.45, 2.75) is 48.8 Å². The fourth-order valence-electron chi connectivity index (χ4n) is 4.38. The van der Waals surface area contributed by atoms with E-state index in [9.17, 15) is 29.4 Å². The van der Waals surface area contributed by atoms with Gasteiger partial charge in [0.25, 0.3) is 5.91 Å². The number of piperidine rings is 1. The zero-order valence-electron chi connectivity index (χ0n) is 15.6. The zero-order chi connectivity index (χ0) is 20.9. The van der Waals surface area contributed by atoms with E-state index in [0.29, 0.717) is 24.3 Å². The predicted octanol–water partition coefficient (Wildman–Crippen LogP) is -2.22. The lowest BCUT2D eigenvalue weighted by atomic mass is 9.79. The highest BCUT2D eigenvalue weighted by atomic mass is 32.2. The normalized spacial score (nSPS) is 47.1. The molecule has 4 heterocycles. The Morgan fingerprint density at radius 1 is 1.28 bits per heavy atom. The molecule has 4 rings (SSSR count). The SMILES string of the molecule is C=CC1C(OC2OC(CO)C(O)C(O)C2O)OC=C2C(=O)N3CCS(=O)C3CC21. The van der Waals surface area contributed by atoms with Crippen LogP contribution in [0.1, 0.15) is 6.42 Å². The molecule has 1 amide bonds. The van der Waals surface area contributed by atoms with Gasteiger partial charge in [-0.3, -0.25) is 9.00 Å². The molecule has 0 aromatic carbocycles. The Labute approximate surface area is 169 Å². The third kappa shape index (κ3) is 3.44. The number of nitrogens with zero attached hydrogens (tertiary/aromatic N) is 1. The van der Waals surface area contributed by atoms with Gasteiger partial charge >= 0.3 is 0 Å². The van der Waals surface area contributed by atoms with Crippen LogP contribution < -0.4 is 0 Å². The van der Waals surface area contributed by atoms with E-state index in [0.717, 1.165) is 0 Å². The third-order valence-electron chi connectivity index (χ3n) is 6.04. The molecule has 162 valence electrons. The minimum atomic E-state index is -1.58. The standard InChI is InChI=1S/C18H25NO9S/c1-2-8-9-5-12-19(3-4-29(12)25)16(24)10(9)7-26-17(8)28-18-15(23)14(22)13(21)11(6-20)27-18/h2,7-9,11-15,17-18,20-23H,1,3-6H2. The van der Waals surface area contributed by atoms with Crippen LogP contribution in [-0.2, 0) is 29.8 Å². The maximum Gasteiger partial charge on any atom is 0.254 e. The largest absolute Gasteiger partial charge is 0.471 e. The molecule has 3 fully saturated rings. The maximum absolute atomic E-state index is 12.8. The van der Waals surface area contributed by atoms with E-state index in [1.807, 2.05) is 0 Å². The lowest BCUT2D eigenvalue weighted by molar-refractivity contribution is -0.339. The molecule has 4 aliphatic heterocycles. The van der Waals surface area contributed by atoms with Crippen LogP contribution in [0.3, 0.4) is 0 Å². The quantitative estimate of drug-likeness (QED) is 0.364. The second-order valence-corrected chi connectivity index (χ2v) is 9.32. The molecule has 10 nitrogen and oxygen atoms in total. The average molecular weight is 431 g/mol.